The number of hydrogen-bond donors (Lipinski definition) is 1. The van der Waals surface area contributed by atoms with E-state index in [0.29, 0.717) is 12.0 Å². The van der Waals surface area contributed by atoms with E-state index in [1.165, 1.54) is 0 Å². The maximum Gasteiger partial charge on any atom is 0.241 e. The van der Waals surface area contributed by atoms with Gasteiger partial charge >= 0.3 is 0 Å². The van der Waals surface area contributed by atoms with E-state index in [0.717, 1.165) is 27.5 Å². The van der Waals surface area contributed by atoms with Gasteiger partial charge in [-0.15, -0.1) is 5.10 Å². The molecule has 23 heavy (non-hydrogen) atoms. The molecule has 0 aliphatic carbocycles. The average Bonchev–Trinajstić information content (AvgIpc) is 2.97. The van der Waals surface area contributed by atoms with Crippen LogP contribution in [0.15, 0.2) is 55.0 Å². The van der Waals surface area contributed by atoms with Crippen LogP contribution >= 0.6 is 0 Å². The van der Waals surface area contributed by atoms with Crippen LogP contribution in [-0.2, 0) is 0 Å². The highest BCUT2D eigenvalue weighted by molar-refractivity contribution is 5.88. The highest BCUT2D eigenvalue weighted by Gasteiger charge is 2.09. The Morgan fingerprint density at radius 3 is 2.87 bits per heavy atom. The molecule has 0 fully saturated rings. The van der Waals surface area contributed by atoms with Crippen molar-refractivity contribution in [2.45, 2.75) is 19.9 Å². The second kappa shape index (κ2) is 5.35. The number of aromatic nitrogens is 4. The normalized spacial score (nSPS) is 11.4. The number of fused-ring (bicyclic) bond motifs is 2. The summed E-state index contributed by atoms with van der Waals surface area (Å²) in [5.41, 5.74) is 4.25. The fourth-order valence-electron chi connectivity index (χ4n) is 2.71. The quantitative estimate of drug-likeness (QED) is 0.626. The van der Waals surface area contributed by atoms with E-state index in [1.54, 1.807) is 0 Å². The first-order valence-corrected chi connectivity index (χ1v) is 7.67. The van der Waals surface area contributed by atoms with Crippen molar-refractivity contribution in [2.24, 2.45) is 0 Å². The van der Waals surface area contributed by atoms with Gasteiger partial charge in [0.2, 0.25) is 5.95 Å². The molecule has 0 saturated heterocycles. The zero-order chi connectivity index (χ0) is 15.8. The highest BCUT2D eigenvalue weighted by Crippen LogP contribution is 2.27. The predicted octanol–water partition coefficient (Wildman–Crippen LogP) is 3.76. The van der Waals surface area contributed by atoms with Gasteiger partial charge in [-0.05, 0) is 43.7 Å². The molecule has 3 heterocycles. The lowest BCUT2D eigenvalue weighted by atomic mass is 10.0. The fraction of sp³-hybridized carbons (Fsp3) is 0.167. The molecule has 4 rings (SSSR count). The summed E-state index contributed by atoms with van der Waals surface area (Å²) in [5, 5.41) is 8.85. The molecule has 0 aliphatic heterocycles. The monoisotopic (exact) mass is 303 g/mol. The van der Waals surface area contributed by atoms with Crippen LogP contribution in [0.5, 0.6) is 0 Å². The molecule has 0 spiro atoms. The molecule has 0 saturated carbocycles. The van der Waals surface area contributed by atoms with Gasteiger partial charge in [-0.3, -0.25) is 4.98 Å². The largest absolute Gasteiger partial charge is 0.351 e. The Bertz CT molecular complexity index is 987. The van der Waals surface area contributed by atoms with Crippen LogP contribution < -0.4 is 5.32 Å². The van der Waals surface area contributed by atoms with Crippen molar-refractivity contribution in [3.8, 4) is 11.1 Å². The van der Waals surface area contributed by atoms with Crippen molar-refractivity contribution in [1.82, 2.24) is 19.6 Å². The molecule has 0 amide bonds. The minimum absolute atomic E-state index is 0.301. The third-order valence-electron chi connectivity index (χ3n) is 3.75. The molecule has 1 N–H and O–H groups in total. The van der Waals surface area contributed by atoms with Crippen LogP contribution in [0, 0.1) is 0 Å². The number of nitrogens with one attached hydrogen (secondary N) is 1. The van der Waals surface area contributed by atoms with E-state index in [9.17, 15) is 0 Å². The van der Waals surface area contributed by atoms with Gasteiger partial charge < -0.3 is 5.32 Å². The number of rotatable bonds is 3. The Balaban J connectivity index is 1.81. The average molecular weight is 303 g/mol. The Morgan fingerprint density at radius 1 is 1.09 bits per heavy atom. The van der Waals surface area contributed by atoms with Crippen LogP contribution in [0.4, 0.5) is 5.95 Å². The Hall–Kier alpha value is -2.95. The van der Waals surface area contributed by atoms with Crippen LogP contribution in [0.25, 0.3) is 27.5 Å². The number of benzene rings is 1. The molecule has 3 aromatic heterocycles. The summed E-state index contributed by atoms with van der Waals surface area (Å²) >= 11 is 0. The first kappa shape index (κ1) is 13.7. The van der Waals surface area contributed by atoms with Crippen molar-refractivity contribution in [3.05, 3.63) is 55.0 Å². The van der Waals surface area contributed by atoms with Gasteiger partial charge in [0, 0.05) is 29.4 Å². The standard InChI is InChI=1S/C18H17N5/c1-12(2)21-18-20-11-17-15(7-9-23(17)22-18)13-5-6-16-14(10-13)4-3-8-19-16/h3-12H,1-2H3,(H,21,22). The summed E-state index contributed by atoms with van der Waals surface area (Å²) in [6.07, 6.45) is 5.64. The van der Waals surface area contributed by atoms with Gasteiger partial charge in [0.15, 0.2) is 0 Å². The predicted molar refractivity (Wildman–Crippen MR) is 92.5 cm³/mol. The first-order chi connectivity index (χ1) is 11.2. The zero-order valence-electron chi connectivity index (χ0n) is 13.1. The van der Waals surface area contributed by atoms with Gasteiger partial charge in [0.1, 0.15) is 0 Å². The lowest BCUT2D eigenvalue weighted by Crippen LogP contribution is -2.13. The second-order valence-corrected chi connectivity index (χ2v) is 5.85. The second-order valence-electron chi connectivity index (χ2n) is 5.85. The van der Waals surface area contributed by atoms with Crippen LogP contribution in [0.1, 0.15) is 13.8 Å². The van der Waals surface area contributed by atoms with Gasteiger partial charge in [-0.2, -0.15) is 0 Å². The number of pyridine rings is 1. The van der Waals surface area contributed by atoms with Gasteiger partial charge in [-0.25, -0.2) is 9.50 Å². The third-order valence-corrected chi connectivity index (χ3v) is 3.75. The van der Waals surface area contributed by atoms with E-state index < -0.39 is 0 Å². The Morgan fingerprint density at radius 2 is 2.00 bits per heavy atom. The Labute approximate surface area is 134 Å². The summed E-state index contributed by atoms with van der Waals surface area (Å²) in [4.78, 5) is 8.78. The topological polar surface area (TPSA) is 55.1 Å². The minimum atomic E-state index is 0.301. The minimum Gasteiger partial charge on any atom is -0.351 e. The third kappa shape index (κ3) is 2.50. The molecule has 0 aliphatic rings. The van der Waals surface area contributed by atoms with E-state index >= 15 is 0 Å². The summed E-state index contributed by atoms with van der Waals surface area (Å²) < 4.78 is 1.86. The van der Waals surface area contributed by atoms with E-state index in [-0.39, 0.29) is 0 Å². The summed E-state index contributed by atoms with van der Waals surface area (Å²) in [5.74, 6) is 0.636. The molecule has 0 bridgehead atoms. The maximum absolute atomic E-state index is 4.51. The smallest absolute Gasteiger partial charge is 0.241 e. The molecular weight excluding hydrogens is 286 g/mol. The van der Waals surface area contributed by atoms with Gasteiger partial charge in [-0.1, -0.05) is 12.1 Å². The molecule has 0 radical (unpaired) electrons. The molecule has 0 atom stereocenters. The maximum atomic E-state index is 4.51. The molecule has 4 aromatic rings. The molecular formula is C18H17N5. The summed E-state index contributed by atoms with van der Waals surface area (Å²) in [6.45, 7) is 4.13. The molecule has 1 aromatic carbocycles. The molecule has 0 unspecified atom stereocenters. The zero-order valence-corrected chi connectivity index (χ0v) is 13.1. The molecule has 114 valence electrons. The van der Waals surface area contributed by atoms with Crippen LogP contribution in [-0.4, -0.2) is 25.6 Å². The number of nitrogens with zero attached hydrogens (tertiary/aromatic N) is 4. The van der Waals surface area contributed by atoms with E-state index in [1.807, 2.05) is 35.2 Å². The van der Waals surface area contributed by atoms with Crippen LogP contribution in [0.3, 0.4) is 0 Å². The summed E-state index contributed by atoms with van der Waals surface area (Å²) in [6, 6.07) is 12.7. The van der Waals surface area contributed by atoms with E-state index in [2.05, 4.69) is 58.5 Å². The summed E-state index contributed by atoms with van der Waals surface area (Å²) in [7, 11) is 0. The highest BCUT2D eigenvalue weighted by atomic mass is 15.3. The molecule has 5 heteroatoms. The van der Waals surface area contributed by atoms with Crippen molar-refractivity contribution in [1.29, 1.82) is 0 Å². The van der Waals surface area contributed by atoms with Crippen molar-refractivity contribution in [3.63, 3.8) is 0 Å². The number of anilines is 1. The first-order valence-electron chi connectivity index (χ1n) is 7.67. The number of hydrogen-bond acceptors (Lipinski definition) is 4. The van der Waals surface area contributed by atoms with Crippen LogP contribution in [0.2, 0.25) is 0 Å². The van der Waals surface area contributed by atoms with Gasteiger partial charge in [0.25, 0.3) is 0 Å². The Kier molecular flexibility index (Phi) is 3.19. The van der Waals surface area contributed by atoms with Gasteiger partial charge in [0.05, 0.1) is 17.2 Å². The SMILES string of the molecule is CC(C)Nc1ncc2c(-c3ccc4ncccc4c3)ccn2n1. The fourth-order valence-corrected chi connectivity index (χ4v) is 2.71. The van der Waals surface area contributed by atoms with Crippen molar-refractivity contribution < 1.29 is 0 Å². The lowest BCUT2D eigenvalue weighted by molar-refractivity contribution is 0.834. The van der Waals surface area contributed by atoms with Crippen molar-refractivity contribution in [2.75, 3.05) is 5.32 Å². The van der Waals surface area contributed by atoms with E-state index in [4.69, 9.17) is 0 Å². The lowest BCUT2D eigenvalue weighted by Gasteiger charge is -2.08. The van der Waals surface area contributed by atoms with Crippen molar-refractivity contribution >= 4 is 22.4 Å². The molecule has 5 nitrogen and oxygen atoms in total.